The van der Waals surface area contributed by atoms with Gasteiger partial charge in [0.05, 0.1) is 22.3 Å². The lowest BCUT2D eigenvalue weighted by Gasteiger charge is -2.36. The van der Waals surface area contributed by atoms with Crippen LogP contribution in [0, 0.1) is 11.8 Å². The Morgan fingerprint density at radius 1 is 0.878 bits per heavy atom. The zero-order valence-electron chi connectivity index (χ0n) is 23.2. The number of aliphatic carboxylic acids is 1. The lowest BCUT2D eigenvalue weighted by atomic mass is 9.83. The first kappa shape index (κ1) is 28.1. The van der Waals surface area contributed by atoms with Crippen molar-refractivity contribution in [3.63, 3.8) is 0 Å². The second-order valence-corrected chi connectivity index (χ2v) is 13.9. The summed E-state index contributed by atoms with van der Waals surface area (Å²) in [5, 5.41) is 10.5. The van der Waals surface area contributed by atoms with E-state index < -0.39 is 21.9 Å². The van der Waals surface area contributed by atoms with Crippen LogP contribution < -0.4 is 9.80 Å². The number of para-hydroxylation sites is 1. The molecule has 216 valence electrons. The summed E-state index contributed by atoms with van der Waals surface area (Å²) in [6.45, 7) is 1.22. The maximum Gasteiger partial charge on any atom is 0.308 e. The van der Waals surface area contributed by atoms with Gasteiger partial charge in [-0.25, -0.2) is 8.42 Å². The number of carboxylic acids is 1. The van der Waals surface area contributed by atoms with Gasteiger partial charge in [-0.1, -0.05) is 79.4 Å². The Morgan fingerprint density at radius 3 is 2.20 bits per heavy atom. The maximum atomic E-state index is 14.3. The van der Waals surface area contributed by atoms with E-state index in [1.165, 1.54) is 6.42 Å². The minimum absolute atomic E-state index is 0.180. The third kappa shape index (κ3) is 5.22. The van der Waals surface area contributed by atoms with Crippen molar-refractivity contribution in [2.75, 3.05) is 36.5 Å². The van der Waals surface area contributed by atoms with Gasteiger partial charge in [-0.3, -0.25) is 4.79 Å². The van der Waals surface area contributed by atoms with E-state index in [0.29, 0.717) is 29.5 Å². The predicted octanol–water partition coefficient (Wildman–Crippen LogP) is 6.37. The first-order valence-corrected chi connectivity index (χ1v) is 16.2. The lowest BCUT2D eigenvalue weighted by Crippen LogP contribution is -2.46. The molecule has 3 aromatic carbocycles. The quantitative estimate of drug-likeness (QED) is 0.370. The Balaban J connectivity index is 1.45. The average Bonchev–Trinajstić information content (AvgIpc) is 3.41. The molecule has 0 amide bonds. The monoisotopic (exact) mass is 593 g/mol. The number of carboxylic acid groups (broad SMARTS) is 1. The van der Waals surface area contributed by atoms with Crippen LogP contribution in [-0.4, -0.2) is 56.5 Å². The van der Waals surface area contributed by atoms with Crippen LogP contribution in [0.4, 0.5) is 17.1 Å². The molecule has 0 bridgehead atoms. The number of halogens is 1. The van der Waals surface area contributed by atoms with Crippen LogP contribution in [0.3, 0.4) is 0 Å². The normalized spacial score (nSPS) is 25.1. The van der Waals surface area contributed by atoms with Crippen molar-refractivity contribution in [1.29, 1.82) is 0 Å². The zero-order valence-corrected chi connectivity index (χ0v) is 24.8. The highest BCUT2D eigenvalue weighted by molar-refractivity contribution is 7.89. The van der Waals surface area contributed by atoms with Gasteiger partial charge in [0.25, 0.3) is 0 Å². The number of likely N-dealkylation sites (N-methyl/N-ethyl adjacent to an activating group) is 1. The van der Waals surface area contributed by atoms with Gasteiger partial charge in [0.1, 0.15) is 4.90 Å². The summed E-state index contributed by atoms with van der Waals surface area (Å²) in [7, 11) is -2.16. The molecule has 1 N–H and O–H groups in total. The van der Waals surface area contributed by atoms with Gasteiger partial charge in [-0.15, -0.1) is 0 Å². The Bertz CT molecular complexity index is 1510. The Hall–Kier alpha value is -3.07. The molecule has 2 heterocycles. The largest absolute Gasteiger partial charge is 0.481 e. The Morgan fingerprint density at radius 2 is 1.54 bits per heavy atom. The SMILES string of the molecule is CN1[C@H](C2CCCCC2)CN(c2ccccc2)c2cc(Cl)c(N3C[C@H](C(=O)O)[C@@H](c4ccccc4)C3)cc2S1(=O)=O. The van der Waals surface area contributed by atoms with E-state index in [9.17, 15) is 18.3 Å². The van der Waals surface area contributed by atoms with Gasteiger partial charge in [-0.2, -0.15) is 4.31 Å². The highest BCUT2D eigenvalue weighted by Crippen LogP contribution is 2.46. The molecule has 7 nitrogen and oxygen atoms in total. The van der Waals surface area contributed by atoms with E-state index in [4.69, 9.17) is 11.6 Å². The van der Waals surface area contributed by atoms with E-state index >= 15 is 0 Å². The van der Waals surface area contributed by atoms with Crippen molar-refractivity contribution >= 4 is 44.7 Å². The van der Waals surface area contributed by atoms with E-state index in [2.05, 4.69) is 4.90 Å². The third-order valence-electron chi connectivity index (χ3n) is 9.28. The molecule has 6 rings (SSSR count). The van der Waals surface area contributed by atoms with Crippen molar-refractivity contribution in [3.8, 4) is 0 Å². The van der Waals surface area contributed by atoms with Crippen LogP contribution in [-0.2, 0) is 14.8 Å². The molecule has 0 spiro atoms. The van der Waals surface area contributed by atoms with Gasteiger partial charge in [-0.05, 0) is 48.6 Å². The average molecular weight is 594 g/mol. The van der Waals surface area contributed by atoms with Crippen molar-refractivity contribution in [1.82, 2.24) is 4.31 Å². The van der Waals surface area contributed by atoms with E-state index in [1.54, 1.807) is 23.5 Å². The number of rotatable bonds is 5. The maximum absolute atomic E-state index is 14.3. The summed E-state index contributed by atoms with van der Waals surface area (Å²) >= 11 is 6.96. The molecule has 0 aromatic heterocycles. The number of benzene rings is 3. The fourth-order valence-electron chi connectivity index (χ4n) is 7.03. The van der Waals surface area contributed by atoms with Crippen LogP contribution in [0.15, 0.2) is 77.7 Å². The first-order chi connectivity index (χ1) is 19.8. The smallest absolute Gasteiger partial charge is 0.308 e. The highest BCUT2D eigenvalue weighted by atomic mass is 35.5. The van der Waals surface area contributed by atoms with Crippen molar-refractivity contribution in [2.24, 2.45) is 11.8 Å². The van der Waals surface area contributed by atoms with E-state index in [-0.39, 0.29) is 29.3 Å². The van der Waals surface area contributed by atoms with Crippen molar-refractivity contribution in [3.05, 3.63) is 83.4 Å². The van der Waals surface area contributed by atoms with Crippen LogP contribution in [0.5, 0.6) is 0 Å². The van der Waals surface area contributed by atoms with Crippen LogP contribution >= 0.6 is 11.6 Å². The van der Waals surface area contributed by atoms with Crippen LogP contribution in [0.2, 0.25) is 5.02 Å². The lowest BCUT2D eigenvalue weighted by molar-refractivity contribution is -0.141. The number of sulfonamides is 1. The number of hydrogen-bond donors (Lipinski definition) is 1. The molecule has 1 aliphatic carbocycles. The van der Waals surface area contributed by atoms with E-state index in [0.717, 1.165) is 36.9 Å². The molecule has 0 unspecified atom stereocenters. The topological polar surface area (TPSA) is 81.2 Å². The molecular weight excluding hydrogens is 558 g/mol. The van der Waals surface area contributed by atoms with E-state index in [1.807, 2.05) is 65.6 Å². The summed E-state index contributed by atoms with van der Waals surface area (Å²) in [5.41, 5.74) is 2.98. The molecule has 9 heteroatoms. The standard InChI is InChI=1S/C32H36ClN3O4S/c1-34-30(23-13-7-3-8-14-23)21-36(24-15-9-4-10-16-24)29-17-27(33)28(18-31(29)41(34,39)40)35-19-25(26(20-35)32(37)38)22-11-5-2-6-12-22/h2,4-6,9-12,15-18,23,25-26,30H,3,7-8,13-14,19-21H2,1H3,(H,37,38)/t25-,26+,30+/m1/s1. The fraction of sp³-hybridized carbons (Fsp3) is 0.406. The summed E-state index contributed by atoms with van der Waals surface area (Å²) < 4.78 is 30.3. The second-order valence-electron chi connectivity index (χ2n) is 11.6. The summed E-state index contributed by atoms with van der Waals surface area (Å²) in [5.74, 6) is -1.46. The van der Waals surface area contributed by atoms with Gasteiger partial charge < -0.3 is 14.9 Å². The zero-order chi connectivity index (χ0) is 28.7. The van der Waals surface area contributed by atoms with Crippen LogP contribution in [0.25, 0.3) is 0 Å². The van der Waals surface area contributed by atoms with Gasteiger partial charge in [0, 0.05) is 44.3 Å². The molecule has 41 heavy (non-hydrogen) atoms. The minimum Gasteiger partial charge on any atom is -0.481 e. The van der Waals surface area contributed by atoms with Gasteiger partial charge >= 0.3 is 5.97 Å². The number of hydrogen-bond acceptors (Lipinski definition) is 5. The molecular formula is C32H36ClN3O4S. The molecule has 0 radical (unpaired) electrons. The molecule has 2 fully saturated rings. The highest BCUT2D eigenvalue weighted by Gasteiger charge is 2.43. The molecule has 1 saturated carbocycles. The number of fused-ring (bicyclic) bond motifs is 1. The Kier molecular flexibility index (Phi) is 7.74. The number of anilines is 3. The first-order valence-electron chi connectivity index (χ1n) is 14.4. The molecule has 2 aliphatic heterocycles. The molecule has 3 aliphatic rings. The van der Waals surface area contributed by atoms with Crippen molar-refractivity contribution < 1.29 is 18.3 Å². The third-order valence-corrected chi connectivity index (χ3v) is 11.5. The number of carbonyl (C=O) groups is 1. The predicted molar refractivity (Wildman–Crippen MR) is 163 cm³/mol. The minimum atomic E-state index is -3.87. The van der Waals surface area contributed by atoms with Crippen molar-refractivity contribution in [2.45, 2.75) is 49.0 Å². The fourth-order valence-corrected chi connectivity index (χ4v) is 8.91. The second kappa shape index (κ2) is 11.3. The van der Waals surface area contributed by atoms with Crippen LogP contribution in [0.1, 0.15) is 43.6 Å². The Labute approximate surface area is 247 Å². The molecule has 3 atom stereocenters. The molecule has 3 aromatic rings. The van der Waals surface area contributed by atoms with Gasteiger partial charge in [0.15, 0.2) is 0 Å². The van der Waals surface area contributed by atoms with Gasteiger partial charge in [0.2, 0.25) is 10.0 Å². The summed E-state index contributed by atoms with van der Waals surface area (Å²) in [6.07, 6.45) is 5.46. The summed E-state index contributed by atoms with van der Waals surface area (Å²) in [4.78, 5) is 16.5. The number of nitrogens with zero attached hydrogens (tertiary/aromatic N) is 3. The molecule has 1 saturated heterocycles. The summed E-state index contributed by atoms with van der Waals surface area (Å²) in [6, 6.07) is 22.8.